The highest BCUT2D eigenvalue weighted by atomic mass is 16.7. The molecule has 27 nitrogen and oxygen atoms in total. The summed E-state index contributed by atoms with van der Waals surface area (Å²) in [5, 5.41) is 0. The Morgan fingerprint density at radius 2 is 0.534 bits per heavy atom. The Kier molecular flexibility index (Phi) is 74.6. The van der Waals surface area contributed by atoms with E-state index in [1.165, 1.54) is 149 Å². The molecule has 0 aliphatic heterocycles. The van der Waals surface area contributed by atoms with Crippen LogP contribution in [0.4, 0.5) is 0 Å². The van der Waals surface area contributed by atoms with Crippen molar-refractivity contribution < 1.29 is 128 Å². The van der Waals surface area contributed by atoms with E-state index in [1.54, 1.807) is 13.8 Å². The van der Waals surface area contributed by atoms with E-state index < -0.39 is 61.3 Å². The largest absolute Gasteiger partial charge is 0.438 e. The SMILES string of the molecule is CCC(C)(C)C(=O)OC(C)OC.CCC(C)(C)C(=O)OCOC.CCC(C)(C)C(=O)OCOC1CCCCC1.CCC(C)(C)C(=O)OCOC1CCCCCC1.CCC(C)(C)C(=O)OCOCC1(C)CCCCC1.CCC(C)(C)C(=O)OCOCC1CCCC1.CCC(C)(C)C(=O)OCOCC1CCCCC1.CCCOCOC(=O)C(C)(C)CC.CCOC(C)OC(=O)C(C)(C)CC. The lowest BCUT2D eigenvalue weighted by molar-refractivity contribution is -0.184. The summed E-state index contributed by atoms with van der Waals surface area (Å²) >= 11 is 0. The molecule has 0 aromatic heterocycles. The smallest absolute Gasteiger partial charge is 0.313 e. The molecule has 0 aromatic carbocycles. The Bertz CT molecular complexity index is 2990. The summed E-state index contributed by atoms with van der Waals surface area (Å²) in [6.07, 6.45) is 39.0. The van der Waals surface area contributed by atoms with Crippen molar-refractivity contribution in [2.24, 2.45) is 66.0 Å². The molecule has 27 heteroatoms. The summed E-state index contributed by atoms with van der Waals surface area (Å²) in [5.74, 6) is -0.272. The quantitative estimate of drug-likeness (QED) is 0.0180. The molecular weight excluding hydrogens is 1710 g/mol. The highest BCUT2D eigenvalue weighted by molar-refractivity contribution is 5.79. The number of ether oxygens (including phenoxy) is 18. The minimum Gasteiger partial charge on any atom is -0.438 e. The maximum absolute atomic E-state index is 11.7. The first-order valence-corrected chi connectivity index (χ1v) is 50.9. The van der Waals surface area contributed by atoms with Gasteiger partial charge in [0.25, 0.3) is 0 Å². The molecule has 0 bridgehead atoms. The van der Waals surface area contributed by atoms with E-state index >= 15 is 0 Å². The molecule has 133 heavy (non-hydrogen) atoms. The van der Waals surface area contributed by atoms with Gasteiger partial charge in [0.2, 0.25) is 0 Å². The molecule has 5 fully saturated rings. The van der Waals surface area contributed by atoms with Crippen molar-refractivity contribution in [2.45, 2.75) is 471 Å². The Morgan fingerprint density at radius 3 is 0.812 bits per heavy atom. The lowest BCUT2D eigenvalue weighted by atomic mass is 9.76. The molecule has 0 aromatic rings. The predicted molar refractivity (Wildman–Crippen MR) is 524 cm³/mol. The Morgan fingerprint density at radius 1 is 0.293 bits per heavy atom. The summed E-state index contributed by atoms with van der Waals surface area (Å²) in [4.78, 5) is 104. The predicted octanol–water partition coefficient (Wildman–Crippen LogP) is 25.7. The van der Waals surface area contributed by atoms with E-state index in [4.69, 9.17) is 80.5 Å². The van der Waals surface area contributed by atoms with Crippen molar-refractivity contribution in [3.05, 3.63) is 0 Å². The third-order valence-electron chi connectivity index (χ3n) is 26.7. The van der Waals surface area contributed by atoms with Crippen LogP contribution >= 0.6 is 0 Å². The standard InChI is InChI=1S/C15H28O3.2C14H26O3.2C13H24O3.2C10H20O3.C9H18O3.C8H16O3/c1-5-14(2,3)13(16)18-12-17-11-15(4)9-7-6-8-10-15;1-4-14(2,3)13(15)17-11-16-10-12-8-6-5-7-9-12;1-4-14(2,3)13(15)17-11-16-12-9-7-5-6-8-10-12;1-4-13(2,3)12(14)16-10-15-9-11-7-5-6-8-11;1-4-13(2,3)12(14)16-10-15-11-8-6-5-7-9-11;1-6-10(4,5)9(11)13-8(3)12-7-2;1-5-7-12-8-13-9(11)10(3,4)6-2;1-6-9(3,4)8(10)12-7(2)11-5;1-5-8(2,3)7(9)11-6-10-4/h5-12H2,1-4H3;2*12H,4-11H2,1-3H3;2*11H,4-10H2,1-3H3;8H,6-7H2,1-5H3;5-8H2,1-4H3;7H,6H2,1-5H3;5-6H2,1-4H3. The lowest BCUT2D eigenvalue weighted by Crippen LogP contribution is -2.30. The van der Waals surface area contributed by atoms with E-state index in [-0.39, 0.29) is 113 Å². The number of carbonyl (C=O) groups is 9. The van der Waals surface area contributed by atoms with Gasteiger partial charge in [-0.2, -0.15) is 0 Å². The van der Waals surface area contributed by atoms with Gasteiger partial charge in [0.05, 0.1) is 87.4 Å². The van der Waals surface area contributed by atoms with Gasteiger partial charge < -0.3 is 85.3 Å². The van der Waals surface area contributed by atoms with Gasteiger partial charge in [-0.15, -0.1) is 0 Å². The maximum atomic E-state index is 11.7. The molecule has 788 valence electrons. The number of methoxy groups -OCH3 is 2. The molecule has 2 unspecified atom stereocenters. The van der Waals surface area contributed by atoms with Gasteiger partial charge in [0.1, 0.15) is 0 Å². The zero-order valence-electron chi connectivity index (χ0n) is 91.2. The highest BCUT2D eigenvalue weighted by Crippen LogP contribution is 2.37. The van der Waals surface area contributed by atoms with Crippen LogP contribution in [-0.2, 0) is 128 Å². The second kappa shape index (κ2) is 73.9. The van der Waals surface area contributed by atoms with Crippen LogP contribution in [0.3, 0.4) is 0 Å². The fourth-order valence-corrected chi connectivity index (χ4v) is 12.1. The van der Waals surface area contributed by atoms with Crippen LogP contribution in [0.1, 0.15) is 446 Å². The first kappa shape index (κ1) is 134. The average molecular weight is 1910 g/mol. The number of hydrogen-bond acceptors (Lipinski definition) is 27. The van der Waals surface area contributed by atoms with Crippen LogP contribution in [0.25, 0.3) is 0 Å². The molecule has 0 saturated heterocycles. The number of carbonyl (C=O) groups excluding carboxylic acids is 9. The van der Waals surface area contributed by atoms with Crippen molar-refractivity contribution in [3.63, 3.8) is 0 Å². The van der Waals surface area contributed by atoms with Crippen LogP contribution < -0.4 is 0 Å². The maximum Gasteiger partial charge on any atom is 0.313 e. The van der Waals surface area contributed by atoms with Crippen LogP contribution in [0.5, 0.6) is 0 Å². The third kappa shape index (κ3) is 64.7. The Balaban J connectivity index is -0.000000707. The minimum atomic E-state index is -0.455. The second-order valence-corrected chi connectivity index (χ2v) is 42.1. The molecule has 5 saturated carbocycles. The summed E-state index contributed by atoms with van der Waals surface area (Å²) in [5.41, 5.74) is -3.30. The van der Waals surface area contributed by atoms with Gasteiger partial charge in [0, 0.05) is 20.8 Å². The minimum absolute atomic E-state index is 0.0439. The van der Waals surface area contributed by atoms with Crippen molar-refractivity contribution in [2.75, 3.05) is 94.8 Å². The van der Waals surface area contributed by atoms with Gasteiger partial charge >= 0.3 is 53.7 Å². The van der Waals surface area contributed by atoms with Gasteiger partial charge in [-0.05, 0) is 291 Å². The third-order valence-corrected chi connectivity index (χ3v) is 26.7. The topological polar surface area (TPSA) is 320 Å². The molecule has 0 spiro atoms. The number of hydrogen-bond donors (Lipinski definition) is 0. The molecule has 0 N–H and O–H groups in total. The van der Waals surface area contributed by atoms with Crippen LogP contribution in [0.2, 0.25) is 0 Å². The van der Waals surface area contributed by atoms with E-state index in [0.717, 1.165) is 103 Å². The molecule has 5 aliphatic carbocycles. The summed E-state index contributed by atoms with van der Waals surface area (Å²) < 4.78 is 92.7. The molecule has 0 radical (unpaired) electrons. The highest BCUT2D eigenvalue weighted by Gasteiger charge is 2.36. The second-order valence-electron chi connectivity index (χ2n) is 42.1. The molecule has 5 aliphatic rings. The summed E-state index contributed by atoms with van der Waals surface area (Å²) in [6, 6.07) is 0. The zero-order valence-corrected chi connectivity index (χ0v) is 91.2. The Labute approximate surface area is 810 Å². The van der Waals surface area contributed by atoms with Gasteiger partial charge in [-0.25, -0.2) is 0 Å². The normalized spacial score (nSPS) is 16.4. The van der Waals surface area contributed by atoms with Gasteiger partial charge in [-0.3, -0.25) is 43.2 Å². The fraction of sp³-hybridized carbons (Fsp3) is 0.915. The lowest BCUT2D eigenvalue weighted by Gasteiger charge is -2.33. The summed E-state index contributed by atoms with van der Waals surface area (Å²) in [7, 11) is 3.00. The summed E-state index contributed by atoms with van der Waals surface area (Å²) in [6.45, 7) is 65.3. The fourth-order valence-electron chi connectivity index (χ4n) is 12.1. The molecule has 0 amide bonds. The van der Waals surface area contributed by atoms with Gasteiger partial charge in [0.15, 0.2) is 60.1 Å². The average Bonchev–Trinajstić information content (AvgIpc) is 1.08. The van der Waals surface area contributed by atoms with Crippen molar-refractivity contribution >= 4 is 53.7 Å². The van der Waals surface area contributed by atoms with Crippen molar-refractivity contribution in [1.29, 1.82) is 0 Å². The van der Waals surface area contributed by atoms with E-state index in [0.29, 0.717) is 37.8 Å². The zero-order chi connectivity index (χ0) is 103. The van der Waals surface area contributed by atoms with Crippen molar-refractivity contribution in [1.82, 2.24) is 0 Å². The molecule has 0 heterocycles. The van der Waals surface area contributed by atoms with Crippen LogP contribution in [0, 0.1) is 66.0 Å². The monoisotopic (exact) mass is 1910 g/mol. The van der Waals surface area contributed by atoms with Crippen LogP contribution in [-0.4, -0.2) is 173 Å². The Hall–Kier alpha value is -5.13. The van der Waals surface area contributed by atoms with Gasteiger partial charge in [-0.1, -0.05) is 172 Å². The van der Waals surface area contributed by atoms with E-state index in [1.807, 2.05) is 201 Å². The number of rotatable bonds is 47. The molecule has 2 atom stereocenters. The molecule has 5 rings (SSSR count). The first-order valence-electron chi connectivity index (χ1n) is 50.9. The van der Waals surface area contributed by atoms with E-state index in [2.05, 4.69) is 11.7 Å². The van der Waals surface area contributed by atoms with E-state index in [9.17, 15) is 43.2 Å². The van der Waals surface area contributed by atoms with Crippen molar-refractivity contribution in [3.8, 4) is 0 Å². The van der Waals surface area contributed by atoms with Crippen LogP contribution in [0.15, 0.2) is 0 Å². The molecular formula is C106H202O27. The first-order chi connectivity index (χ1) is 62.1. The number of esters is 9.